The highest BCUT2D eigenvalue weighted by Crippen LogP contribution is 2.20. The van der Waals surface area contributed by atoms with E-state index in [2.05, 4.69) is 4.57 Å². The molecule has 2 heterocycles. The number of carbonyl (C=O) groups is 2. The Morgan fingerprint density at radius 3 is 2.72 bits per heavy atom. The molecule has 0 saturated carbocycles. The van der Waals surface area contributed by atoms with E-state index in [1.807, 2.05) is 26.0 Å². The Morgan fingerprint density at radius 2 is 2.07 bits per heavy atom. The Balaban J connectivity index is 1.56. The zero-order valence-electron chi connectivity index (χ0n) is 16.7. The Hall–Kier alpha value is -3.17. The number of hydrogen-bond acceptors (Lipinski definition) is 5. The normalized spacial score (nSPS) is 16.1. The first-order valence-electron chi connectivity index (χ1n) is 9.64. The summed E-state index contributed by atoms with van der Waals surface area (Å²) < 4.78 is 12.9. The molecule has 1 aliphatic rings. The van der Waals surface area contributed by atoms with Crippen molar-refractivity contribution >= 4 is 17.8 Å². The molecule has 1 aliphatic heterocycles. The molecule has 0 bridgehead atoms. The molecule has 0 unspecified atom stereocenters. The van der Waals surface area contributed by atoms with Gasteiger partial charge in [-0.1, -0.05) is 12.1 Å². The summed E-state index contributed by atoms with van der Waals surface area (Å²) in [6.45, 7) is 5.09. The number of esters is 1. The molecule has 3 rings (SSSR count). The largest absolute Gasteiger partial charge is 0.454 e. The number of carbonyl (C=O) groups excluding carboxylic acids is 2. The molecule has 1 aromatic heterocycles. The van der Waals surface area contributed by atoms with Gasteiger partial charge in [-0.25, -0.2) is 4.79 Å². The van der Waals surface area contributed by atoms with Gasteiger partial charge in [0.2, 0.25) is 5.78 Å². The second-order valence-electron chi connectivity index (χ2n) is 7.13. The van der Waals surface area contributed by atoms with Crippen molar-refractivity contribution in [1.29, 1.82) is 5.26 Å². The predicted molar refractivity (Wildman–Crippen MR) is 108 cm³/mol. The fourth-order valence-corrected chi connectivity index (χ4v) is 3.45. The van der Waals surface area contributed by atoms with Crippen LogP contribution in [0.4, 0.5) is 0 Å². The molecule has 2 aromatic rings. The molecule has 1 saturated heterocycles. The molecule has 1 atom stereocenters. The molecule has 0 aliphatic carbocycles. The van der Waals surface area contributed by atoms with Gasteiger partial charge >= 0.3 is 5.97 Å². The number of Topliss-reactive ketones (excluding diaryl/α,β-unsaturated/α-hetero) is 1. The number of nitriles is 1. The van der Waals surface area contributed by atoms with Crippen molar-refractivity contribution in [3.8, 4) is 6.07 Å². The molecule has 6 heteroatoms. The van der Waals surface area contributed by atoms with E-state index in [1.54, 1.807) is 30.3 Å². The summed E-state index contributed by atoms with van der Waals surface area (Å²) in [6, 6.07) is 10.7. The molecule has 1 fully saturated rings. The summed E-state index contributed by atoms with van der Waals surface area (Å²) in [5, 5.41) is 8.79. The fourth-order valence-electron chi connectivity index (χ4n) is 3.45. The van der Waals surface area contributed by atoms with Crippen LogP contribution in [-0.2, 0) is 20.8 Å². The summed E-state index contributed by atoms with van der Waals surface area (Å²) in [4.78, 5) is 24.5. The van der Waals surface area contributed by atoms with Gasteiger partial charge in [-0.2, -0.15) is 5.26 Å². The Kier molecular flexibility index (Phi) is 6.63. The van der Waals surface area contributed by atoms with Crippen molar-refractivity contribution in [3.63, 3.8) is 0 Å². The van der Waals surface area contributed by atoms with Gasteiger partial charge in [0.05, 0.1) is 17.7 Å². The summed E-state index contributed by atoms with van der Waals surface area (Å²) in [5.74, 6) is -0.812. The standard InChI is InChI=1S/C23H24N2O4/c1-16-12-21(17(2)25(16)14-20-4-3-11-28-20)22(26)15-29-23(27)10-9-18-5-7-19(13-24)8-6-18/h5-10,12,20H,3-4,11,14-15H2,1-2H3/b10-9+/t20-/m1/s1. The van der Waals surface area contributed by atoms with Crippen LogP contribution in [0.5, 0.6) is 0 Å². The van der Waals surface area contributed by atoms with E-state index >= 15 is 0 Å². The Bertz CT molecular complexity index is 958. The van der Waals surface area contributed by atoms with Crippen molar-refractivity contribution in [2.24, 2.45) is 0 Å². The third-order valence-electron chi connectivity index (χ3n) is 5.08. The third kappa shape index (κ3) is 5.21. The van der Waals surface area contributed by atoms with Crippen LogP contribution in [0.2, 0.25) is 0 Å². The molecule has 0 spiro atoms. The summed E-state index contributed by atoms with van der Waals surface area (Å²) in [7, 11) is 0. The van der Waals surface area contributed by atoms with E-state index in [0.29, 0.717) is 11.1 Å². The maximum absolute atomic E-state index is 12.5. The first kappa shape index (κ1) is 20.6. The molecule has 1 aromatic carbocycles. The van der Waals surface area contributed by atoms with E-state index in [1.165, 1.54) is 6.08 Å². The molecule has 6 nitrogen and oxygen atoms in total. The lowest BCUT2D eigenvalue weighted by molar-refractivity contribution is -0.136. The lowest BCUT2D eigenvalue weighted by atomic mass is 10.1. The van der Waals surface area contributed by atoms with Crippen LogP contribution >= 0.6 is 0 Å². The fraction of sp³-hybridized carbons (Fsp3) is 0.348. The number of aromatic nitrogens is 1. The maximum Gasteiger partial charge on any atom is 0.331 e. The van der Waals surface area contributed by atoms with E-state index < -0.39 is 5.97 Å². The second kappa shape index (κ2) is 9.35. The Labute approximate surface area is 170 Å². The summed E-state index contributed by atoms with van der Waals surface area (Å²) in [6.07, 6.45) is 5.15. The summed E-state index contributed by atoms with van der Waals surface area (Å²) >= 11 is 0. The minimum Gasteiger partial charge on any atom is -0.454 e. The highest BCUT2D eigenvalue weighted by atomic mass is 16.5. The second-order valence-corrected chi connectivity index (χ2v) is 7.13. The van der Waals surface area contributed by atoms with E-state index in [4.69, 9.17) is 14.7 Å². The first-order chi connectivity index (χ1) is 14.0. The minimum absolute atomic E-state index is 0.188. The summed E-state index contributed by atoms with van der Waals surface area (Å²) in [5.41, 5.74) is 3.75. The SMILES string of the molecule is Cc1cc(C(=O)COC(=O)/C=C/c2ccc(C#N)cc2)c(C)n1C[C@H]1CCCO1. The zero-order valence-corrected chi connectivity index (χ0v) is 16.7. The lowest BCUT2D eigenvalue weighted by Crippen LogP contribution is -2.18. The number of hydrogen-bond donors (Lipinski definition) is 0. The van der Waals surface area contributed by atoms with E-state index in [-0.39, 0.29) is 18.5 Å². The number of ether oxygens (including phenoxy) is 2. The smallest absolute Gasteiger partial charge is 0.331 e. The number of benzene rings is 1. The number of aryl methyl sites for hydroxylation is 1. The van der Waals surface area contributed by atoms with Gasteiger partial charge in [0.15, 0.2) is 6.61 Å². The van der Waals surface area contributed by atoms with Gasteiger partial charge in [0.1, 0.15) is 0 Å². The molecular weight excluding hydrogens is 368 g/mol. The topological polar surface area (TPSA) is 81.3 Å². The predicted octanol–water partition coefficient (Wildman–Crippen LogP) is 3.59. The number of nitrogens with zero attached hydrogens (tertiary/aromatic N) is 2. The van der Waals surface area contributed by atoms with Crippen LogP contribution in [0.25, 0.3) is 6.08 Å². The molecule has 0 radical (unpaired) electrons. The van der Waals surface area contributed by atoms with Crippen LogP contribution in [0.3, 0.4) is 0 Å². The molecule has 0 N–H and O–H groups in total. The average Bonchev–Trinajstić information content (AvgIpc) is 3.34. The first-order valence-corrected chi connectivity index (χ1v) is 9.64. The highest BCUT2D eigenvalue weighted by molar-refractivity contribution is 6.00. The van der Waals surface area contributed by atoms with Crippen molar-refractivity contribution < 1.29 is 19.1 Å². The van der Waals surface area contributed by atoms with Gasteiger partial charge in [-0.3, -0.25) is 4.79 Å². The van der Waals surface area contributed by atoms with Crippen molar-refractivity contribution in [2.75, 3.05) is 13.2 Å². The monoisotopic (exact) mass is 392 g/mol. The molecular formula is C23H24N2O4. The average molecular weight is 392 g/mol. The quantitative estimate of drug-likeness (QED) is 0.409. The number of rotatable bonds is 7. The van der Waals surface area contributed by atoms with Crippen molar-refractivity contribution in [1.82, 2.24) is 4.57 Å². The highest BCUT2D eigenvalue weighted by Gasteiger charge is 2.21. The van der Waals surface area contributed by atoms with Gasteiger partial charge in [0, 0.05) is 36.2 Å². The molecule has 0 amide bonds. The third-order valence-corrected chi connectivity index (χ3v) is 5.08. The van der Waals surface area contributed by atoms with Crippen molar-refractivity contribution in [2.45, 2.75) is 39.3 Å². The van der Waals surface area contributed by atoms with E-state index in [0.717, 1.165) is 42.9 Å². The molecule has 150 valence electrons. The minimum atomic E-state index is -0.587. The van der Waals surface area contributed by atoms with Gasteiger partial charge < -0.3 is 14.0 Å². The maximum atomic E-state index is 12.5. The van der Waals surface area contributed by atoms with Crippen LogP contribution < -0.4 is 0 Å². The van der Waals surface area contributed by atoms with Crippen LogP contribution in [0, 0.1) is 25.2 Å². The van der Waals surface area contributed by atoms with Gasteiger partial charge in [0.25, 0.3) is 0 Å². The van der Waals surface area contributed by atoms with Gasteiger partial charge in [-0.15, -0.1) is 0 Å². The van der Waals surface area contributed by atoms with Crippen molar-refractivity contribution in [3.05, 3.63) is 64.5 Å². The van der Waals surface area contributed by atoms with Crippen LogP contribution in [-0.4, -0.2) is 35.6 Å². The van der Waals surface area contributed by atoms with E-state index in [9.17, 15) is 9.59 Å². The van der Waals surface area contributed by atoms with Crippen LogP contribution in [0.1, 0.15) is 45.7 Å². The number of ketones is 1. The molecule has 29 heavy (non-hydrogen) atoms. The zero-order chi connectivity index (χ0) is 20.8. The lowest BCUT2D eigenvalue weighted by Gasteiger charge is -2.14. The Morgan fingerprint density at radius 1 is 1.31 bits per heavy atom. The van der Waals surface area contributed by atoms with Crippen LogP contribution in [0.15, 0.2) is 36.4 Å². The van der Waals surface area contributed by atoms with Gasteiger partial charge in [-0.05, 0) is 56.5 Å².